The molecule has 1 aliphatic rings. The van der Waals surface area contributed by atoms with E-state index in [2.05, 4.69) is 27.4 Å². The van der Waals surface area contributed by atoms with Crippen LogP contribution < -0.4 is 14.8 Å². The highest BCUT2D eigenvalue weighted by atomic mass is 32.2. The number of fused-ring (bicyclic) bond motifs is 1. The smallest absolute Gasteiger partial charge is 0.230 e. The fourth-order valence-corrected chi connectivity index (χ4v) is 2.91. The van der Waals surface area contributed by atoms with Crippen molar-refractivity contribution in [2.75, 3.05) is 18.9 Å². The number of carbonyl (C=O) groups excluding carboxylic acids is 1. The second-order valence-electron chi connectivity index (χ2n) is 5.41. The summed E-state index contributed by atoms with van der Waals surface area (Å²) in [4.78, 5) is 16.3. The van der Waals surface area contributed by atoms with E-state index < -0.39 is 0 Å². The van der Waals surface area contributed by atoms with Gasteiger partial charge in [-0.05, 0) is 18.6 Å². The van der Waals surface area contributed by atoms with Gasteiger partial charge in [-0.2, -0.15) is 0 Å². The molecule has 128 valence electrons. The molecule has 1 amide bonds. The van der Waals surface area contributed by atoms with Crippen LogP contribution in [0.3, 0.4) is 0 Å². The number of carbonyl (C=O) groups is 1. The van der Waals surface area contributed by atoms with E-state index in [4.69, 9.17) is 9.47 Å². The molecule has 3 rings (SSSR count). The number of H-pyrrole nitrogens is 1. The number of aromatic amines is 1. The molecule has 0 spiro atoms. The summed E-state index contributed by atoms with van der Waals surface area (Å²) in [7, 11) is 0. The number of nitrogens with zero attached hydrogens (tertiary/aromatic N) is 2. The van der Waals surface area contributed by atoms with Crippen molar-refractivity contribution in [1.82, 2.24) is 20.5 Å². The van der Waals surface area contributed by atoms with E-state index in [1.165, 1.54) is 11.8 Å². The third-order valence-electron chi connectivity index (χ3n) is 3.42. The first kappa shape index (κ1) is 16.6. The molecule has 1 unspecified atom stereocenters. The topological polar surface area (TPSA) is 89.1 Å². The van der Waals surface area contributed by atoms with Crippen molar-refractivity contribution in [1.29, 1.82) is 0 Å². The maximum absolute atomic E-state index is 11.9. The Balaban J connectivity index is 1.40. The van der Waals surface area contributed by atoms with Crippen LogP contribution in [0.25, 0.3) is 0 Å². The minimum absolute atomic E-state index is 0.0794. The van der Waals surface area contributed by atoms with Crippen LogP contribution in [-0.4, -0.2) is 46.1 Å². The molecule has 1 aliphatic heterocycles. The average Bonchev–Trinajstić information content (AvgIpc) is 3.06. The fraction of sp³-hybridized carbons (Fsp3) is 0.438. The number of hydrogen-bond acceptors (Lipinski definition) is 6. The Bertz CT molecular complexity index is 691. The standard InChI is InChI=1S/C16H20N4O3S/c1-2-5-14-18-16(20-19-14)24-10-15(21)17-8-11-9-22-12-6-3-4-7-13(12)23-11/h3-4,6-7,11H,2,5,8-10H2,1H3,(H,17,21)(H,18,19,20). The predicted molar refractivity (Wildman–Crippen MR) is 90.5 cm³/mol. The maximum atomic E-state index is 11.9. The Morgan fingerprint density at radius 1 is 1.42 bits per heavy atom. The minimum atomic E-state index is -0.187. The molecule has 24 heavy (non-hydrogen) atoms. The summed E-state index contributed by atoms with van der Waals surface area (Å²) >= 11 is 1.31. The van der Waals surface area contributed by atoms with Crippen LogP contribution in [0.1, 0.15) is 19.2 Å². The number of amides is 1. The Kier molecular flexibility index (Phi) is 5.58. The van der Waals surface area contributed by atoms with Crippen LogP contribution >= 0.6 is 11.8 Å². The maximum Gasteiger partial charge on any atom is 0.230 e. The highest BCUT2D eigenvalue weighted by Crippen LogP contribution is 2.30. The number of nitrogens with one attached hydrogen (secondary N) is 2. The summed E-state index contributed by atoms with van der Waals surface area (Å²) in [6.07, 6.45) is 1.68. The number of aryl methyl sites for hydroxylation is 1. The van der Waals surface area contributed by atoms with Gasteiger partial charge in [-0.3, -0.25) is 9.89 Å². The first-order valence-electron chi connectivity index (χ1n) is 7.94. The number of benzene rings is 1. The van der Waals surface area contributed by atoms with Crippen molar-refractivity contribution in [3.05, 3.63) is 30.1 Å². The van der Waals surface area contributed by atoms with Gasteiger partial charge in [0.1, 0.15) is 18.5 Å². The van der Waals surface area contributed by atoms with Crippen LogP contribution in [0.15, 0.2) is 29.4 Å². The highest BCUT2D eigenvalue weighted by Gasteiger charge is 2.21. The van der Waals surface area contributed by atoms with E-state index in [9.17, 15) is 4.79 Å². The first-order valence-corrected chi connectivity index (χ1v) is 8.92. The lowest BCUT2D eigenvalue weighted by molar-refractivity contribution is -0.119. The van der Waals surface area contributed by atoms with E-state index in [1.807, 2.05) is 24.3 Å². The molecule has 1 aromatic heterocycles. The molecule has 0 fully saturated rings. The Labute approximate surface area is 144 Å². The lowest BCUT2D eigenvalue weighted by Gasteiger charge is -2.26. The SMILES string of the molecule is CCCc1nc(SCC(=O)NCC2COc3ccccc3O2)n[nH]1. The van der Waals surface area contributed by atoms with E-state index in [-0.39, 0.29) is 17.8 Å². The number of hydrogen-bond donors (Lipinski definition) is 2. The molecule has 0 saturated heterocycles. The van der Waals surface area contributed by atoms with Crippen molar-refractivity contribution in [3.63, 3.8) is 0 Å². The highest BCUT2D eigenvalue weighted by molar-refractivity contribution is 7.99. The molecule has 0 aliphatic carbocycles. The van der Waals surface area contributed by atoms with Crippen LogP contribution in [-0.2, 0) is 11.2 Å². The van der Waals surface area contributed by atoms with Gasteiger partial charge in [-0.1, -0.05) is 30.8 Å². The van der Waals surface area contributed by atoms with Gasteiger partial charge < -0.3 is 14.8 Å². The molecule has 2 aromatic rings. The first-order chi connectivity index (χ1) is 11.7. The molecule has 8 heteroatoms. The van der Waals surface area contributed by atoms with Crippen molar-refractivity contribution < 1.29 is 14.3 Å². The molecule has 1 aromatic carbocycles. The number of aromatic nitrogens is 3. The van der Waals surface area contributed by atoms with Crippen LogP contribution in [0.5, 0.6) is 11.5 Å². The Morgan fingerprint density at radius 3 is 3.08 bits per heavy atom. The van der Waals surface area contributed by atoms with Gasteiger partial charge in [0.2, 0.25) is 11.1 Å². The average molecular weight is 348 g/mol. The van der Waals surface area contributed by atoms with Crippen molar-refractivity contribution in [3.8, 4) is 11.5 Å². The lowest BCUT2D eigenvalue weighted by Crippen LogP contribution is -2.41. The fourth-order valence-electron chi connectivity index (χ4n) is 2.26. The summed E-state index contributed by atoms with van der Waals surface area (Å²) in [6.45, 7) is 2.91. The molecular weight excluding hydrogens is 328 g/mol. The molecule has 2 heterocycles. The molecule has 2 N–H and O–H groups in total. The van der Waals surface area contributed by atoms with Gasteiger partial charge in [0, 0.05) is 6.42 Å². The summed E-state index contributed by atoms with van der Waals surface area (Å²) in [5, 5.41) is 10.4. The van der Waals surface area contributed by atoms with Crippen molar-refractivity contribution >= 4 is 17.7 Å². The lowest BCUT2D eigenvalue weighted by atomic mass is 10.2. The van der Waals surface area contributed by atoms with Gasteiger partial charge >= 0.3 is 0 Å². The van der Waals surface area contributed by atoms with E-state index in [0.29, 0.717) is 24.1 Å². The monoisotopic (exact) mass is 348 g/mol. The summed E-state index contributed by atoms with van der Waals surface area (Å²) in [5.41, 5.74) is 0. The molecular formula is C16H20N4O3S. The van der Waals surface area contributed by atoms with Gasteiger partial charge in [-0.25, -0.2) is 4.98 Å². The van der Waals surface area contributed by atoms with Crippen LogP contribution in [0.2, 0.25) is 0 Å². The molecule has 7 nitrogen and oxygen atoms in total. The summed E-state index contributed by atoms with van der Waals surface area (Å²) < 4.78 is 11.4. The second-order valence-corrected chi connectivity index (χ2v) is 6.35. The quantitative estimate of drug-likeness (QED) is 0.742. The molecule has 0 saturated carbocycles. The third kappa shape index (κ3) is 4.41. The van der Waals surface area contributed by atoms with E-state index in [0.717, 1.165) is 24.4 Å². The zero-order valence-corrected chi connectivity index (χ0v) is 14.3. The van der Waals surface area contributed by atoms with Crippen molar-refractivity contribution in [2.45, 2.75) is 31.0 Å². The Hall–Kier alpha value is -2.22. The zero-order chi connectivity index (χ0) is 16.8. The number of rotatable bonds is 7. The normalized spacial score (nSPS) is 16.0. The van der Waals surface area contributed by atoms with Gasteiger partial charge in [0.25, 0.3) is 0 Å². The summed E-state index contributed by atoms with van der Waals surface area (Å²) in [6, 6.07) is 7.51. The zero-order valence-electron chi connectivity index (χ0n) is 13.4. The predicted octanol–water partition coefficient (Wildman–Crippen LogP) is 1.81. The van der Waals surface area contributed by atoms with E-state index >= 15 is 0 Å². The van der Waals surface area contributed by atoms with Crippen LogP contribution in [0, 0.1) is 0 Å². The largest absolute Gasteiger partial charge is 0.486 e. The third-order valence-corrected chi connectivity index (χ3v) is 4.27. The number of thioether (sulfide) groups is 1. The molecule has 0 bridgehead atoms. The molecule has 1 atom stereocenters. The second kappa shape index (κ2) is 8.05. The number of ether oxygens (including phenoxy) is 2. The van der Waals surface area contributed by atoms with Gasteiger partial charge in [0.15, 0.2) is 11.5 Å². The summed E-state index contributed by atoms with van der Waals surface area (Å²) in [5.74, 6) is 2.49. The van der Waals surface area contributed by atoms with Crippen molar-refractivity contribution in [2.24, 2.45) is 0 Å². The van der Waals surface area contributed by atoms with Crippen LogP contribution in [0.4, 0.5) is 0 Å². The van der Waals surface area contributed by atoms with Gasteiger partial charge in [0.05, 0.1) is 12.3 Å². The minimum Gasteiger partial charge on any atom is -0.486 e. The van der Waals surface area contributed by atoms with Gasteiger partial charge in [-0.15, -0.1) is 5.10 Å². The van der Waals surface area contributed by atoms with E-state index in [1.54, 1.807) is 0 Å². The molecule has 0 radical (unpaired) electrons. The Morgan fingerprint density at radius 2 is 2.25 bits per heavy atom. The number of para-hydroxylation sites is 2.